The van der Waals surface area contributed by atoms with Gasteiger partial charge in [-0.15, -0.1) is 0 Å². The van der Waals surface area contributed by atoms with E-state index in [1.54, 1.807) is 0 Å². The summed E-state index contributed by atoms with van der Waals surface area (Å²) in [7, 11) is 0. The maximum Gasteiger partial charge on any atom is 0.328 e. The Morgan fingerprint density at radius 3 is 2.60 bits per heavy atom. The first-order valence-electron chi connectivity index (χ1n) is 4.82. The molecule has 0 saturated carbocycles. The second-order valence-corrected chi connectivity index (χ2v) is 4.26. The Morgan fingerprint density at radius 1 is 1.40 bits per heavy atom. The minimum Gasteiger partial charge on any atom is -0.374 e. The standard InChI is InChI=1S/C10H16N2O3/c1-10(2,3)15-7-6-12-5-4-8(13)11-9(12)14/h4-5H,6-7H2,1-3H3,(H,11,13,14). The van der Waals surface area contributed by atoms with Crippen molar-refractivity contribution in [3.63, 3.8) is 0 Å². The maximum absolute atomic E-state index is 11.2. The zero-order chi connectivity index (χ0) is 11.5. The van der Waals surface area contributed by atoms with E-state index in [9.17, 15) is 9.59 Å². The van der Waals surface area contributed by atoms with Gasteiger partial charge in [-0.25, -0.2) is 4.79 Å². The molecule has 1 aromatic rings. The van der Waals surface area contributed by atoms with Gasteiger partial charge in [0.2, 0.25) is 0 Å². The monoisotopic (exact) mass is 212 g/mol. The van der Waals surface area contributed by atoms with Gasteiger partial charge in [0.25, 0.3) is 5.56 Å². The van der Waals surface area contributed by atoms with Crippen LogP contribution in [0.4, 0.5) is 0 Å². The molecule has 0 amide bonds. The number of rotatable bonds is 3. The van der Waals surface area contributed by atoms with Crippen LogP contribution in [0.2, 0.25) is 0 Å². The van der Waals surface area contributed by atoms with E-state index < -0.39 is 5.69 Å². The van der Waals surface area contributed by atoms with E-state index in [2.05, 4.69) is 4.98 Å². The van der Waals surface area contributed by atoms with Gasteiger partial charge in [0.05, 0.1) is 18.8 Å². The number of H-pyrrole nitrogens is 1. The third-order valence-corrected chi connectivity index (χ3v) is 1.76. The van der Waals surface area contributed by atoms with Crippen LogP contribution in [0.25, 0.3) is 0 Å². The maximum atomic E-state index is 11.2. The molecular formula is C10H16N2O3. The fourth-order valence-corrected chi connectivity index (χ4v) is 1.07. The van der Waals surface area contributed by atoms with Crippen LogP contribution in [0, 0.1) is 0 Å². The molecule has 0 saturated heterocycles. The normalized spacial score (nSPS) is 11.7. The summed E-state index contributed by atoms with van der Waals surface area (Å²) >= 11 is 0. The summed E-state index contributed by atoms with van der Waals surface area (Å²) in [6.07, 6.45) is 1.47. The first-order valence-corrected chi connectivity index (χ1v) is 4.82. The molecule has 0 aliphatic rings. The Balaban J connectivity index is 2.59. The predicted molar refractivity (Wildman–Crippen MR) is 57.0 cm³/mol. The lowest BCUT2D eigenvalue weighted by atomic mass is 10.2. The summed E-state index contributed by atoms with van der Waals surface area (Å²) in [5.41, 5.74) is -1.00. The van der Waals surface area contributed by atoms with Gasteiger partial charge in [-0.3, -0.25) is 14.3 Å². The lowest BCUT2D eigenvalue weighted by Crippen LogP contribution is -2.31. The first kappa shape index (κ1) is 11.7. The summed E-state index contributed by atoms with van der Waals surface area (Å²) in [4.78, 5) is 24.2. The second-order valence-electron chi connectivity index (χ2n) is 4.26. The molecule has 0 aliphatic carbocycles. The van der Waals surface area contributed by atoms with E-state index in [-0.39, 0.29) is 11.2 Å². The van der Waals surface area contributed by atoms with Crippen LogP contribution < -0.4 is 11.2 Å². The lowest BCUT2D eigenvalue weighted by molar-refractivity contribution is -0.00725. The minimum absolute atomic E-state index is 0.216. The molecule has 0 aromatic carbocycles. The molecule has 0 aliphatic heterocycles. The van der Waals surface area contributed by atoms with Crippen LogP contribution in [-0.2, 0) is 11.3 Å². The van der Waals surface area contributed by atoms with Crippen LogP contribution in [0.1, 0.15) is 20.8 Å². The van der Waals surface area contributed by atoms with Gasteiger partial charge in [-0.05, 0) is 20.8 Å². The Hall–Kier alpha value is -1.36. The Kier molecular flexibility index (Phi) is 3.47. The van der Waals surface area contributed by atoms with Gasteiger partial charge < -0.3 is 4.74 Å². The Labute approximate surface area is 87.7 Å². The number of ether oxygens (including phenoxy) is 1. The van der Waals surface area contributed by atoms with Crippen molar-refractivity contribution < 1.29 is 4.74 Å². The highest BCUT2D eigenvalue weighted by Crippen LogP contribution is 2.05. The van der Waals surface area contributed by atoms with Gasteiger partial charge in [0.1, 0.15) is 0 Å². The van der Waals surface area contributed by atoms with Crippen LogP contribution in [0.15, 0.2) is 21.9 Å². The van der Waals surface area contributed by atoms with Crippen LogP contribution in [0.3, 0.4) is 0 Å². The fourth-order valence-electron chi connectivity index (χ4n) is 1.07. The fraction of sp³-hybridized carbons (Fsp3) is 0.600. The highest BCUT2D eigenvalue weighted by atomic mass is 16.5. The first-order chi connectivity index (χ1) is 6.88. The Morgan fingerprint density at radius 2 is 2.07 bits per heavy atom. The molecular weight excluding hydrogens is 196 g/mol. The van der Waals surface area contributed by atoms with E-state index in [0.29, 0.717) is 13.2 Å². The molecule has 0 bridgehead atoms. The van der Waals surface area contributed by atoms with E-state index in [4.69, 9.17) is 4.74 Å². The quantitative estimate of drug-likeness (QED) is 0.786. The van der Waals surface area contributed by atoms with Gasteiger partial charge in [-0.2, -0.15) is 0 Å². The highest BCUT2D eigenvalue weighted by molar-refractivity contribution is 4.82. The van der Waals surface area contributed by atoms with E-state index >= 15 is 0 Å². The number of nitrogens with one attached hydrogen (secondary N) is 1. The number of aromatic amines is 1. The number of nitrogens with zero attached hydrogens (tertiary/aromatic N) is 1. The molecule has 84 valence electrons. The number of hydrogen-bond donors (Lipinski definition) is 1. The molecule has 0 atom stereocenters. The topological polar surface area (TPSA) is 64.1 Å². The van der Waals surface area contributed by atoms with Gasteiger partial charge in [0, 0.05) is 12.3 Å². The van der Waals surface area contributed by atoms with Crippen LogP contribution in [-0.4, -0.2) is 21.8 Å². The van der Waals surface area contributed by atoms with Crippen molar-refractivity contribution in [3.8, 4) is 0 Å². The molecule has 1 heterocycles. The average molecular weight is 212 g/mol. The van der Waals surface area contributed by atoms with E-state index in [0.717, 1.165) is 0 Å². The molecule has 0 fully saturated rings. The largest absolute Gasteiger partial charge is 0.374 e. The second kappa shape index (κ2) is 4.44. The van der Waals surface area contributed by atoms with Crippen molar-refractivity contribution in [2.45, 2.75) is 32.9 Å². The van der Waals surface area contributed by atoms with Crippen molar-refractivity contribution in [1.29, 1.82) is 0 Å². The van der Waals surface area contributed by atoms with Gasteiger partial charge in [-0.1, -0.05) is 0 Å². The van der Waals surface area contributed by atoms with Crippen molar-refractivity contribution in [1.82, 2.24) is 9.55 Å². The molecule has 0 spiro atoms. The van der Waals surface area contributed by atoms with Crippen LogP contribution >= 0.6 is 0 Å². The van der Waals surface area contributed by atoms with Gasteiger partial charge in [0.15, 0.2) is 0 Å². The van der Waals surface area contributed by atoms with Gasteiger partial charge >= 0.3 is 5.69 Å². The van der Waals surface area contributed by atoms with Crippen molar-refractivity contribution in [2.24, 2.45) is 0 Å². The zero-order valence-corrected chi connectivity index (χ0v) is 9.24. The minimum atomic E-state index is -0.403. The molecule has 15 heavy (non-hydrogen) atoms. The molecule has 0 unspecified atom stereocenters. The predicted octanol–water partition coefficient (Wildman–Crippen LogP) is 0.352. The summed E-state index contributed by atoms with van der Waals surface area (Å²) in [6, 6.07) is 1.32. The van der Waals surface area contributed by atoms with Crippen molar-refractivity contribution in [3.05, 3.63) is 33.1 Å². The molecule has 5 heteroatoms. The molecule has 1 aromatic heterocycles. The number of hydrogen-bond acceptors (Lipinski definition) is 3. The van der Waals surface area contributed by atoms with Crippen molar-refractivity contribution >= 4 is 0 Å². The molecule has 1 N–H and O–H groups in total. The average Bonchev–Trinajstić information content (AvgIpc) is 2.07. The van der Waals surface area contributed by atoms with Crippen molar-refractivity contribution in [2.75, 3.05) is 6.61 Å². The third-order valence-electron chi connectivity index (χ3n) is 1.76. The zero-order valence-electron chi connectivity index (χ0n) is 9.24. The highest BCUT2D eigenvalue weighted by Gasteiger charge is 2.09. The summed E-state index contributed by atoms with van der Waals surface area (Å²) in [5.74, 6) is 0. The molecule has 0 radical (unpaired) electrons. The Bertz CT molecular complexity index is 425. The molecule has 5 nitrogen and oxygen atoms in total. The number of aromatic nitrogens is 2. The van der Waals surface area contributed by atoms with E-state index in [1.807, 2.05) is 20.8 Å². The lowest BCUT2D eigenvalue weighted by Gasteiger charge is -2.19. The van der Waals surface area contributed by atoms with Crippen LogP contribution in [0.5, 0.6) is 0 Å². The summed E-state index contributed by atoms with van der Waals surface area (Å²) < 4.78 is 6.88. The third kappa shape index (κ3) is 4.12. The summed E-state index contributed by atoms with van der Waals surface area (Å²) in [5, 5.41) is 0. The smallest absolute Gasteiger partial charge is 0.328 e. The van der Waals surface area contributed by atoms with E-state index in [1.165, 1.54) is 16.8 Å². The molecule has 1 rings (SSSR count). The summed E-state index contributed by atoms with van der Waals surface area (Å²) in [6.45, 7) is 6.72. The SMILES string of the molecule is CC(C)(C)OCCn1ccc(=O)[nH]c1=O.